The molecule has 2 aromatic rings. The lowest BCUT2D eigenvalue weighted by Gasteiger charge is -2.02. The molecule has 0 saturated heterocycles. The summed E-state index contributed by atoms with van der Waals surface area (Å²) in [6, 6.07) is 8.88. The fourth-order valence-corrected chi connectivity index (χ4v) is 1.54. The van der Waals surface area contributed by atoms with E-state index in [9.17, 15) is 4.79 Å². The highest BCUT2D eigenvalue weighted by molar-refractivity contribution is 6.32. The third kappa shape index (κ3) is 4.06. The molecule has 0 bridgehead atoms. The number of ether oxygens (including phenoxy) is 1. The van der Waals surface area contributed by atoms with Crippen molar-refractivity contribution in [2.45, 2.75) is 0 Å². The zero-order chi connectivity index (χ0) is 15.1. The summed E-state index contributed by atoms with van der Waals surface area (Å²) < 4.78 is 5.13. The molecular formula is C13H10ClN5O2. The number of rotatable bonds is 5. The van der Waals surface area contributed by atoms with Gasteiger partial charge in [-0.15, -0.1) is 0 Å². The second kappa shape index (κ2) is 7.07. The summed E-state index contributed by atoms with van der Waals surface area (Å²) in [5, 5.41) is 18.2. The van der Waals surface area contributed by atoms with Gasteiger partial charge in [0.2, 0.25) is 0 Å². The predicted octanol–water partition coefficient (Wildman–Crippen LogP) is 1.77. The number of hydrogen-bond donors (Lipinski definition) is 2. The molecule has 1 aromatic carbocycles. The number of nitrogens with one attached hydrogen (secondary N) is 2. The van der Waals surface area contributed by atoms with E-state index in [0.717, 1.165) is 5.56 Å². The van der Waals surface area contributed by atoms with Crippen molar-refractivity contribution in [1.29, 1.82) is 5.26 Å². The van der Waals surface area contributed by atoms with Crippen LogP contribution in [0.3, 0.4) is 0 Å². The first-order valence-corrected chi connectivity index (χ1v) is 6.20. The van der Waals surface area contributed by atoms with Gasteiger partial charge in [-0.25, -0.2) is 5.10 Å². The van der Waals surface area contributed by atoms with Gasteiger partial charge in [0.1, 0.15) is 22.5 Å². The number of H-pyrrole nitrogens is 1. The molecule has 0 fully saturated rings. The maximum Gasteiger partial charge on any atom is 0.285 e. The fraction of sp³-hybridized carbons (Fsp3) is 0.0769. The molecule has 21 heavy (non-hydrogen) atoms. The van der Waals surface area contributed by atoms with Gasteiger partial charge in [0.05, 0.1) is 12.4 Å². The second-order valence-corrected chi connectivity index (χ2v) is 4.19. The molecule has 0 saturated carbocycles. The minimum atomic E-state index is -0.490. The Kier molecular flexibility index (Phi) is 4.90. The summed E-state index contributed by atoms with van der Waals surface area (Å²) in [6.45, 7) is 0.00302. The predicted molar refractivity (Wildman–Crippen MR) is 78.6 cm³/mol. The molecule has 0 atom stereocenters. The molecule has 2 N–H and O–H groups in total. The van der Waals surface area contributed by atoms with Gasteiger partial charge in [0.25, 0.3) is 5.56 Å². The summed E-state index contributed by atoms with van der Waals surface area (Å²) in [4.78, 5) is 11.2. The Morgan fingerprint density at radius 3 is 2.95 bits per heavy atom. The lowest BCUT2D eigenvalue weighted by Crippen LogP contribution is -2.10. The van der Waals surface area contributed by atoms with E-state index in [1.165, 1.54) is 6.20 Å². The molecule has 0 aliphatic heterocycles. The van der Waals surface area contributed by atoms with Crippen LogP contribution in [0.2, 0.25) is 5.02 Å². The SMILES string of the molecule is N#CCOc1ccc(/C=N\Nc2cn[nH]c(=O)c2Cl)cc1. The Hall–Kier alpha value is -2.85. The molecule has 1 aromatic heterocycles. The topological polar surface area (TPSA) is 103 Å². The fourth-order valence-electron chi connectivity index (χ4n) is 1.40. The minimum Gasteiger partial charge on any atom is -0.479 e. The van der Waals surface area contributed by atoms with Crippen molar-refractivity contribution in [1.82, 2.24) is 10.2 Å². The monoisotopic (exact) mass is 303 g/mol. The van der Waals surface area contributed by atoms with Crippen molar-refractivity contribution in [3.8, 4) is 11.8 Å². The van der Waals surface area contributed by atoms with Crippen molar-refractivity contribution in [2.24, 2.45) is 5.10 Å². The summed E-state index contributed by atoms with van der Waals surface area (Å²) in [5.74, 6) is 0.600. The van der Waals surface area contributed by atoms with Crippen molar-refractivity contribution < 1.29 is 4.74 Å². The minimum absolute atomic E-state index is 0.00302. The Morgan fingerprint density at radius 1 is 1.48 bits per heavy atom. The number of benzene rings is 1. The van der Waals surface area contributed by atoms with Crippen LogP contribution < -0.4 is 15.7 Å². The van der Waals surface area contributed by atoms with Crippen LogP contribution in [0.4, 0.5) is 5.69 Å². The van der Waals surface area contributed by atoms with Gasteiger partial charge in [-0.2, -0.15) is 15.5 Å². The average Bonchev–Trinajstić information content (AvgIpc) is 2.51. The Labute approximate surface area is 124 Å². The lowest BCUT2D eigenvalue weighted by molar-refractivity contribution is 0.368. The molecule has 0 amide bonds. The zero-order valence-corrected chi connectivity index (χ0v) is 11.5. The molecule has 8 heteroatoms. The van der Waals surface area contributed by atoms with E-state index in [1.807, 2.05) is 6.07 Å². The van der Waals surface area contributed by atoms with Gasteiger partial charge >= 0.3 is 0 Å². The van der Waals surface area contributed by atoms with E-state index in [1.54, 1.807) is 30.5 Å². The molecule has 1 heterocycles. The summed E-state index contributed by atoms with van der Waals surface area (Å²) in [5.41, 5.74) is 3.26. The van der Waals surface area contributed by atoms with Crippen molar-refractivity contribution in [2.75, 3.05) is 12.0 Å². The highest BCUT2D eigenvalue weighted by atomic mass is 35.5. The largest absolute Gasteiger partial charge is 0.479 e. The Balaban J connectivity index is 2.00. The lowest BCUT2D eigenvalue weighted by atomic mass is 10.2. The number of halogens is 1. The van der Waals surface area contributed by atoms with E-state index in [2.05, 4.69) is 20.7 Å². The normalized spacial score (nSPS) is 10.3. The van der Waals surface area contributed by atoms with E-state index < -0.39 is 5.56 Å². The standard InChI is InChI=1S/C13H10ClN5O2/c14-12-11(8-17-19-13(12)20)18-16-7-9-1-3-10(4-2-9)21-6-5-15/h1-4,7-8H,6H2,(H2,18,19,20)/b16-7-. The maximum absolute atomic E-state index is 11.2. The molecule has 106 valence electrons. The maximum atomic E-state index is 11.2. The van der Waals surface area contributed by atoms with Crippen LogP contribution in [0.5, 0.6) is 5.75 Å². The van der Waals surface area contributed by atoms with E-state index >= 15 is 0 Å². The molecule has 7 nitrogen and oxygen atoms in total. The highest BCUT2D eigenvalue weighted by Gasteiger charge is 2.02. The van der Waals surface area contributed by atoms with Crippen LogP contribution in [-0.4, -0.2) is 23.0 Å². The smallest absolute Gasteiger partial charge is 0.285 e. The third-order valence-corrected chi connectivity index (χ3v) is 2.75. The molecule has 0 aliphatic carbocycles. The molecule has 0 spiro atoms. The van der Waals surface area contributed by atoms with Crippen LogP contribution >= 0.6 is 11.6 Å². The Bertz CT molecular complexity index is 733. The first-order chi connectivity index (χ1) is 10.2. The number of nitriles is 1. The molecular weight excluding hydrogens is 294 g/mol. The van der Waals surface area contributed by atoms with E-state index in [4.69, 9.17) is 21.6 Å². The van der Waals surface area contributed by atoms with Crippen LogP contribution in [0.1, 0.15) is 5.56 Å². The Morgan fingerprint density at radius 2 is 2.24 bits per heavy atom. The first-order valence-electron chi connectivity index (χ1n) is 5.83. The summed E-state index contributed by atoms with van der Waals surface area (Å²) >= 11 is 5.78. The van der Waals surface area contributed by atoms with Gasteiger partial charge in [-0.3, -0.25) is 10.2 Å². The highest BCUT2D eigenvalue weighted by Crippen LogP contribution is 2.14. The average molecular weight is 304 g/mol. The van der Waals surface area contributed by atoms with Crippen LogP contribution in [-0.2, 0) is 0 Å². The quantitative estimate of drug-likeness (QED) is 0.647. The van der Waals surface area contributed by atoms with Crippen LogP contribution in [0.25, 0.3) is 0 Å². The molecule has 0 aliphatic rings. The second-order valence-electron chi connectivity index (χ2n) is 3.81. The van der Waals surface area contributed by atoms with Gasteiger partial charge in [0.15, 0.2) is 6.61 Å². The summed E-state index contributed by atoms with van der Waals surface area (Å²) in [6.07, 6.45) is 2.91. The molecule has 2 rings (SSSR count). The molecule has 0 unspecified atom stereocenters. The van der Waals surface area contributed by atoms with Crippen molar-refractivity contribution >= 4 is 23.5 Å². The zero-order valence-electron chi connectivity index (χ0n) is 10.7. The van der Waals surface area contributed by atoms with Gasteiger partial charge in [-0.05, 0) is 29.8 Å². The van der Waals surface area contributed by atoms with Crippen LogP contribution in [0.15, 0.2) is 40.4 Å². The van der Waals surface area contributed by atoms with Gasteiger partial charge < -0.3 is 4.74 Å². The first kappa shape index (κ1) is 14.6. The van der Waals surface area contributed by atoms with E-state index in [0.29, 0.717) is 11.4 Å². The van der Waals surface area contributed by atoms with E-state index in [-0.39, 0.29) is 11.6 Å². The number of anilines is 1. The number of nitrogens with zero attached hydrogens (tertiary/aromatic N) is 3. The van der Waals surface area contributed by atoms with Crippen LogP contribution in [0, 0.1) is 11.3 Å². The summed E-state index contributed by atoms with van der Waals surface area (Å²) in [7, 11) is 0. The van der Waals surface area contributed by atoms with Crippen molar-refractivity contribution in [3.63, 3.8) is 0 Å². The van der Waals surface area contributed by atoms with Gasteiger partial charge in [0, 0.05) is 0 Å². The molecule has 0 radical (unpaired) electrons. The number of hydrogen-bond acceptors (Lipinski definition) is 6. The van der Waals surface area contributed by atoms with Gasteiger partial charge in [-0.1, -0.05) is 11.6 Å². The number of aromatic amines is 1. The van der Waals surface area contributed by atoms with Crippen molar-refractivity contribution in [3.05, 3.63) is 51.4 Å². The third-order valence-electron chi connectivity index (χ3n) is 2.38. The number of hydrazone groups is 1. The number of aromatic nitrogens is 2.